The zero-order valence-electron chi connectivity index (χ0n) is 23.3. The molecular formula is C30H35NO9. The number of Topliss-reactive ketones (excluding diaryl/α,β-unsaturated/α-hetero) is 2. The number of phenolic OH excluding ortho intramolecular Hbond substituents is 2. The van der Waals surface area contributed by atoms with Crippen LogP contribution in [0.2, 0.25) is 0 Å². The number of aliphatic hydroxyl groups is 2. The highest BCUT2D eigenvalue weighted by molar-refractivity contribution is 6.23. The second kappa shape index (κ2) is 10.6. The third kappa shape index (κ3) is 4.13. The van der Waals surface area contributed by atoms with Crippen molar-refractivity contribution < 1.29 is 44.3 Å². The minimum Gasteiger partial charge on any atom is -0.508 e. The lowest BCUT2D eigenvalue weighted by molar-refractivity contribution is -0.131. The van der Waals surface area contributed by atoms with E-state index in [1.807, 2.05) is 6.92 Å². The number of rotatable bonds is 8. The number of fused-ring (bicyclic) bond motifs is 3. The van der Waals surface area contributed by atoms with Gasteiger partial charge in [-0.1, -0.05) is 31.4 Å². The van der Waals surface area contributed by atoms with E-state index in [-0.39, 0.29) is 28.7 Å². The smallest absolute Gasteiger partial charge is 0.255 e. The molecule has 1 amide bonds. The van der Waals surface area contributed by atoms with E-state index in [4.69, 9.17) is 15.2 Å². The van der Waals surface area contributed by atoms with Crippen LogP contribution in [0.5, 0.6) is 17.2 Å². The molecule has 2 aromatic rings. The van der Waals surface area contributed by atoms with Crippen LogP contribution in [0.4, 0.5) is 0 Å². The number of unbranched alkanes of at least 4 members (excludes halogenated alkanes) is 2. The van der Waals surface area contributed by atoms with E-state index >= 15 is 0 Å². The predicted octanol–water partition coefficient (Wildman–Crippen LogP) is 3.75. The molecule has 0 heterocycles. The second-order valence-electron chi connectivity index (χ2n) is 10.5. The Morgan fingerprint density at radius 1 is 1.20 bits per heavy atom. The summed E-state index contributed by atoms with van der Waals surface area (Å²) in [5.74, 6) is -6.41. The van der Waals surface area contributed by atoms with Gasteiger partial charge >= 0.3 is 0 Å². The molecule has 2 aliphatic carbocycles. The van der Waals surface area contributed by atoms with Crippen LogP contribution in [-0.4, -0.2) is 57.7 Å². The Bertz CT molecular complexity index is 1500. The number of primary amides is 1. The van der Waals surface area contributed by atoms with Crippen molar-refractivity contribution in [1.29, 1.82) is 0 Å². The van der Waals surface area contributed by atoms with Gasteiger partial charge in [0.1, 0.15) is 28.6 Å². The van der Waals surface area contributed by atoms with E-state index in [9.17, 15) is 34.8 Å². The van der Waals surface area contributed by atoms with Crippen molar-refractivity contribution in [3.05, 3.63) is 51.3 Å². The molecule has 0 aromatic heterocycles. The number of methoxy groups -OCH3 is 2. The maximum Gasteiger partial charge on any atom is 0.255 e. The number of ether oxygens (including phenoxy) is 2. The first-order chi connectivity index (χ1) is 18.9. The molecule has 0 unspecified atom stereocenters. The first kappa shape index (κ1) is 29.1. The van der Waals surface area contributed by atoms with Crippen LogP contribution in [0.15, 0.2) is 29.0 Å². The molecule has 0 spiro atoms. The molecule has 4 rings (SSSR count). The molecule has 0 aliphatic heterocycles. The molecule has 40 heavy (non-hydrogen) atoms. The molecule has 0 radical (unpaired) electrons. The van der Waals surface area contributed by atoms with Crippen molar-refractivity contribution in [3.63, 3.8) is 0 Å². The van der Waals surface area contributed by atoms with E-state index in [2.05, 4.69) is 13.0 Å². The molecule has 2 aliphatic rings. The maximum absolute atomic E-state index is 14.1. The number of aromatic hydroxyl groups is 2. The highest BCUT2D eigenvalue weighted by Gasteiger charge is 2.62. The molecule has 10 heteroatoms. The Hall–Kier alpha value is -3.89. The third-order valence-corrected chi connectivity index (χ3v) is 8.16. The summed E-state index contributed by atoms with van der Waals surface area (Å²) < 4.78 is 11.3. The minimum absolute atomic E-state index is 0.0378. The van der Waals surface area contributed by atoms with Crippen molar-refractivity contribution >= 4 is 28.2 Å². The highest BCUT2D eigenvalue weighted by Crippen LogP contribution is 2.56. The number of carbonyl (C=O) groups excluding carboxylic acids is 3. The number of amides is 1. The van der Waals surface area contributed by atoms with Gasteiger partial charge in [0.2, 0.25) is 5.78 Å². The zero-order valence-corrected chi connectivity index (χ0v) is 23.3. The summed E-state index contributed by atoms with van der Waals surface area (Å²) in [6.07, 6.45) is 3.48. The van der Waals surface area contributed by atoms with Crippen molar-refractivity contribution in [2.75, 3.05) is 14.2 Å². The largest absolute Gasteiger partial charge is 0.508 e. The Morgan fingerprint density at radius 2 is 1.88 bits per heavy atom. The number of carbonyl (C=O) groups is 3. The van der Waals surface area contributed by atoms with Gasteiger partial charge in [-0.3, -0.25) is 14.4 Å². The predicted molar refractivity (Wildman–Crippen MR) is 147 cm³/mol. The maximum atomic E-state index is 14.1. The van der Waals surface area contributed by atoms with Crippen LogP contribution in [-0.2, 0) is 20.7 Å². The Kier molecular flexibility index (Phi) is 7.70. The first-order valence-corrected chi connectivity index (χ1v) is 13.2. The lowest BCUT2D eigenvalue weighted by atomic mass is 9.61. The number of aliphatic hydroxyl groups excluding tert-OH is 1. The number of aryl methyl sites for hydroxylation is 1. The summed E-state index contributed by atoms with van der Waals surface area (Å²) >= 11 is 0. The van der Waals surface area contributed by atoms with Gasteiger partial charge in [0.25, 0.3) is 5.91 Å². The summed E-state index contributed by atoms with van der Waals surface area (Å²) in [4.78, 5) is 39.0. The topological polar surface area (TPSA) is 177 Å². The summed E-state index contributed by atoms with van der Waals surface area (Å²) in [5.41, 5.74) is 3.58. The molecule has 0 saturated heterocycles. The van der Waals surface area contributed by atoms with E-state index in [0.717, 1.165) is 24.8 Å². The summed E-state index contributed by atoms with van der Waals surface area (Å²) in [5, 5.41) is 45.6. The quantitative estimate of drug-likeness (QED) is 0.185. The molecule has 214 valence electrons. The number of hydrogen-bond donors (Lipinski definition) is 5. The van der Waals surface area contributed by atoms with Gasteiger partial charge in [-0.15, -0.1) is 0 Å². The molecule has 0 saturated carbocycles. The van der Waals surface area contributed by atoms with Crippen molar-refractivity contribution in [3.8, 4) is 17.2 Å². The summed E-state index contributed by atoms with van der Waals surface area (Å²) in [6, 6.07) is 1.32. The Balaban J connectivity index is 2.16. The fourth-order valence-corrected chi connectivity index (χ4v) is 6.22. The van der Waals surface area contributed by atoms with Crippen molar-refractivity contribution in [2.24, 2.45) is 11.7 Å². The van der Waals surface area contributed by atoms with Crippen LogP contribution >= 0.6 is 0 Å². The number of phenols is 2. The van der Waals surface area contributed by atoms with E-state index < -0.39 is 58.6 Å². The molecule has 10 nitrogen and oxygen atoms in total. The zero-order chi connectivity index (χ0) is 29.7. The summed E-state index contributed by atoms with van der Waals surface area (Å²) in [6.45, 7) is 5.77. The Morgan fingerprint density at radius 3 is 2.45 bits per heavy atom. The molecule has 2 aromatic carbocycles. The SMILES string of the molecule is CCCC/C=C(/C)Cc1c2c(c(O)c3c(O)cc(OC)c(C)c13)C(=O)[C@@]1(O)C(O)=C(C(N)=O)C(=O)C[C@H]1[C@@H]2OC. The van der Waals surface area contributed by atoms with E-state index in [1.54, 1.807) is 6.92 Å². The van der Waals surface area contributed by atoms with E-state index in [1.165, 1.54) is 20.3 Å². The monoisotopic (exact) mass is 553 g/mol. The van der Waals surface area contributed by atoms with Crippen LogP contribution in [0.1, 0.15) is 72.7 Å². The Labute approximate surface area is 231 Å². The van der Waals surface area contributed by atoms with Gasteiger partial charge in [0, 0.05) is 31.1 Å². The van der Waals surface area contributed by atoms with Gasteiger partial charge < -0.3 is 35.6 Å². The van der Waals surface area contributed by atoms with Crippen LogP contribution in [0.25, 0.3) is 10.8 Å². The highest BCUT2D eigenvalue weighted by atomic mass is 16.5. The van der Waals surface area contributed by atoms with Crippen LogP contribution in [0, 0.1) is 12.8 Å². The molecule has 3 atom stereocenters. The average Bonchev–Trinajstić information content (AvgIpc) is 2.89. The number of benzene rings is 2. The molecule has 0 bridgehead atoms. The summed E-state index contributed by atoms with van der Waals surface area (Å²) in [7, 11) is 2.77. The lowest BCUT2D eigenvalue weighted by Crippen LogP contribution is -2.58. The number of ketones is 2. The first-order valence-electron chi connectivity index (χ1n) is 13.2. The minimum atomic E-state index is -2.78. The standard InChI is InChI=1S/C30H35NO9/c1-6-7-8-9-13(2)10-15-20-14(3)19(39-4)12-18(33)22(20)25(34)24-21(15)26(40-5)16-11-17(32)23(29(31)37)27(35)30(16,38)28(24)36/h9,12,16,26,33-35,38H,6-8,10-11H2,1-5H3,(H2,31,37)/b13-9-/t16-,26-,30-/m0/s1. The second-order valence-corrected chi connectivity index (χ2v) is 10.5. The third-order valence-electron chi connectivity index (χ3n) is 8.16. The lowest BCUT2D eigenvalue weighted by Gasteiger charge is -2.46. The van der Waals surface area contributed by atoms with Crippen LogP contribution in [0.3, 0.4) is 0 Å². The van der Waals surface area contributed by atoms with Crippen LogP contribution < -0.4 is 10.5 Å². The molecule has 0 fully saturated rings. The van der Waals surface area contributed by atoms with Crippen molar-refractivity contribution in [1.82, 2.24) is 0 Å². The fourth-order valence-electron chi connectivity index (χ4n) is 6.22. The van der Waals surface area contributed by atoms with Gasteiger partial charge in [-0.05, 0) is 43.2 Å². The molecule has 6 N–H and O–H groups in total. The average molecular weight is 554 g/mol. The van der Waals surface area contributed by atoms with Gasteiger partial charge in [0.05, 0.1) is 24.2 Å². The molecular weight excluding hydrogens is 518 g/mol. The van der Waals surface area contributed by atoms with Crippen molar-refractivity contribution in [2.45, 2.75) is 64.6 Å². The normalized spacial score (nSPS) is 22.9. The van der Waals surface area contributed by atoms with E-state index in [0.29, 0.717) is 22.3 Å². The fraction of sp³-hybridized carbons (Fsp3) is 0.433. The number of hydrogen-bond acceptors (Lipinski definition) is 9. The number of nitrogens with two attached hydrogens (primary N) is 1. The van der Waals surface area contributed by atoms with Gasteiger partial charge in [0.15, 0.2) is 11.4 Å². The number of allylic oxidation sites excluding steroid dienone is 2. The van der Waals surface area contributed by atoms with Gasteiger partial charge in [-0.25, -0.2) is 0 Å². The van der Waals surface area contributed by atoms with Gasteiger partial charge in [-0.2, -0.15) is 0 Å².